The molecule has 3 N–H and O–H groups in total. The Bertz CT molecular complexity index is 289. The molecule has 0 spiro atoms. The lowest BCUT2D eigenvalue weighted by Gasteiger charge is -2.23. The van der Waals surface area contributed by atoms with Gasteiger partial charge in [-0.15, -0.1) is 0 Å². The second-order valence-electron chi connectivity index (χ2n) is 6.31. The number of hydrogen-bond donors (Lipinski definition) is 2. The van der Waals surface area contributed by atoms with Crippen LogP contribution in [0.4, 0.5) is 0 Å². The summed E-state index contributed by atoms with van der Waals surface area (Å²) in [5, 5.41) is 3.53. The molecule has 4 nitrogen and oxygen atoms in total. The third kappa shape index (κ3) is 3.69. The van der Waals surface area contributed by atoms with E-state index in [1.165, 1.54) is 12.8 Å². The van der Waals surface area contributed by atoms with Crippen molar-refractivity contribution in [2.45, 2.75) is 39.2 Å². The van der Waals surface area contributed by atoms with E-state index in [1.54, 1.807) is 0 Å². The van der Waals surface area contributed by atoms with Gasteiger partial charge in [0.05, 0.1) is 6.04 Å². The fraction of sp³-hybridized carbons (Fsp3) is 0.929. The van der Waals surface area contributed by atoms with Gasteiger partial charge in [0.2, 0.25) is 5.91 Å². The largest absolute Gasteiger partial charge is 0.341 e. The number of carbonyl (C=O) groups is 1. The zero-order chi connectivity index (χ0) is 13.1. The third-order valence-electron chi connectivity index (χ3n) is 4.16. The monoisotopic (exact) mass is 253 g/mol. The van der Waals surface area contributed by atoms with Crippen LogP contribution in [0.5, 0.6) is 0 Å². The van der Waals surface area contributed by atoms with Gasteiger partial charge in [-0.25, -0.2) is 0 Å². The van der Waals surface area contributed by atoms with Crippen LogP contribution in [0.25, 0.3) is 0 Å². The minimum atomic E-state index is -0.330. The predicted octanol–water partition coefficient (Wildman–Crippen LogP) is 0.818. The first-order chi connectivity index (χ1) is 8.58. The number of carbonyl (C=O) groups excluding carboxylic acids is 1. The van der Waals surface area contributed by atoms with Gasteiger partial charge in [-0.2, -0.15) is 0 Å². The molecule has 1 heterocycles. The van der Waals surface area contributed by atoms with Crippen molar-refractivity contribution in [2.24, 2.45) is 23.5 Å². The van der Waals surface area contributed by atoms with Crippen molar-refractivity contribution in [3.8, 4) is 0 Å². The second-order valence-corrected chi connectivity index (χ2v) is 6.31. The van der Waals surface area contributed by atoms with Gasteiger partial charge in [0.25, 0.3) is 0 Å². The number of nitrogens with one attached hydrogen (secondary N) is 1. The van der Waals surface area contributed by atoms with E-state index in [2.05, 4.69) is 5.32 Å². The van der Waals surface area contributed by atoms with E-state index in [4.69, 9.17) is 5.73 Å². The van der Waals surface area contributed by atoms with Crippen LogP contribution in [0.1, 0.15) is 33.1 Å². The molecule has 0 aromatic heterocycles. The molecule has 1 aliphatic heterocycles. The predicted molar refractivity (Wildman–Crippen MR) is 73.1 cm³/mol. The van der Waals surface area contributed by atoms with Crippen LogP contribution in [-0.2, 0) is 4.79 Å². The van der Waals surface area contributed by atoms with Gasteiger partial charge in [-0.05, 0) is 50.1 Å². The van der Waals surface area contributed by atoms with Gasteiger partial charge in [-0.1, -0.05) is 13.8 Å². The molecule has 1 saturated heterocycles. The molecule has 1 aliphatic carbocycles. The van der Waals surface area contributed by atoms with Gasteiger partial charge in [-0.3, -0.25) is 4.79 Å². The van der Waals surface area contributed by atoms with Gasteiger partial charge < -0.3 is 16.0 Å². The highest BCUT2D eigenvalue weighted by Crippen LogP contribution is 2.27. The summed E-state index contributed by atoms with van der Waals surface area (Å²) in [7, 11) is 0. The van der Waals surface area contributed by atoms with Crippen molar-refractivity contribution in [3.05, 3.63) is 0 Å². The zero-order valence-corrected chi connectivity index (χ0v) is 11.7. The Morgan fingerprint density at radius 2 is 1.94 bits per heavy atom. The number of amides is 1. The number of nitrogens with zero attached hydrogens (tertiary/aromatic N) is 1. The van der Waals surface area contributed by atoms with Crippen molar-refractivity contribution in [1.82, 2.24) is 10.2 Å². The topological polar surface area (TPSA) is 58.4 Å². The van der Waals surface area contributed by atoms with E-state index in [-0.39, 0.29) is 17.9 Å². The Balaban J connectivity index is 1.68. The first-order valence-corrected chi connectivity index (χ1v) is 7.33. The molecule has 1 unspecified atom stereocenters. The molecule has 2 rings (SSSR count). The van der Waals surface area contributed by atoms with Gasteiger partial charge in [0.1, 0.15) is 0 Å². The molecule has 2 aliphatic rings. The lowest BCUT2D eigenvalue weighted by atomic mass is 10.0. The summed E-state index contributed by atoms with van der Waals surface area (Å²) < 4.78 is 0. The molecule has 1 amide bonds. The molecule has 2 atom stereocenters. The van der Waals surface area contributed by atoms with Crippen LogP contribution < -0.4 is 11.1 Å². The van der Waals surface area contributed by atoms with Gasteiger partial charge in [0.15, 0.2) is 0 Å². The Hall–Kier alpha value is -0.610. The smallest absolute Gasteiger partial charge is 0.239 e. The highest BCUT2D eigenvalue weighted by atomic mass is 16.2. The van der Waals surface area contributed by atoms with Crippen molar-refractivity contribution >= 4 is 5.91 Å². The number of nitrogens with two attached hydrogens (primary N) is 1. The van der Waals surface area contributed by atoms with Crippen LogP contribution in [0.3, 0.4) is 0 Å². The average Bonchev–Trinajstić information content (AvgIpc) is 3.04. The van der Waals surface area contributed by atoms with E-state index in [0.717, 1.165) is 38.5 Å². The minimum Gasteiger partial charge on any atom is -0.341 e. The first kappa shape index (κ1) is 13.8. The molecule has 0 radical (unpaired) electrons. The van der Waals surface area contributed by atoms with E-state index in [9.17, 15) is 4.79 Å². The first-order valence-electron chi connectivity index (χ1n) is 7.33. The maximum absolute atomic E-state index is 12.1. The molecule has 2 fully saturated rings. The SMILES string of the molecule is CC(C)[C@H](N)C(=O)N1CCC(CNCC2CC2)C1. The van der Waals surface area contributed by atoms with Crippen LogP contribution >= 0.6 is 0 Å². The fourth-order valence-electron chi connectivity index (χ4n) is 2.51. The number of rotatable bonds is 6. The maximum atomic E-state index is 12.1. The maximum Gasteiger partial charge on any atom is 0.239 e. The standard InChI is InChI=1S/C14H27N3O/c1-10(2)13(15)14(18)17-6-5-12(9-17)8-16-7-11-3-4-11/h10-13,16H,3-9,15H2,1-2H3/t12?,13-/m0/s1. The molecule has 1 saturated carbocycles. The summed E-state index contributed by atoms with van der Waals surface area (Å²) in [6, 6.07) is -0.330. The Morgan fingerprint density at radius 1 is 1.28 bits per heavy atom. The van der Waals surface area contributed by atoms with E-state index in [0.29, 0.717) is 5.92 Å². The molecule has 0 bridgehead atoms. The quantitative estimate of drug-likeness (QED) is 0.737. The van der Waals surface area contributed by atoms with Gasteiger partial charge in [0, 0.05) is 13.1 Å². The lowest BCUT2D eigenvalue weighted by Crippen LogP contribution is -2.45. The number of likely N-dealkylation sites (tertiary alicyclic amines) is 1. The van der Waals surface area contributed by atoms with Crippen LogP contribution in [0.15, 0.2) is 0 Å². The van der Waals surface area contributed by atoms with E-state index < -0.39 is 0 Å². The minimum absolute atomic E-state index is 0.134. The summed E-state index contributed by atoms with van der Waals surface area (Å²) in [6.07, 6.45) is 3.91. The van der Waals surface area contributed by atoms with Crippen molar-refractivity contribution in [3.63, 3.8) is 0 Å². The molecule has 4 heteroatoms. The van der Waals surface area contributed by atoms with Crippen LogP contribution in [0.2, 0.25) is 0 Å². The van der Waals surface area contributed by atoms with Crippen molar-refractivity contribution < 1.29 is 4.79 Å². The Morgan fingerprint density at radius 3 is 2.56 bits per heavy atom. The summed E-state index contributed by atoms with van der Waals surface area (Å²) >= 11 is 0. The molecule has 18 heavy (non-hydrogen) atoms. The summed E-state index contributed by atoms with van der Waals surface area (Å²) in [5.74, 6) is 1.91. The van der Waals surface area contributed by atoms with Crippen molar-refractivity contribution in [2.75, 3.05) is 26.2 Å². The summed E-state index contributed by atoms with van der Waals surface area (Å²) in [6.45, 7) is 8.00. The third-order valence-corrected chi connectivity index (χ3v) is 4.16. The highest BCUT2D eigenvalue weighted by molar-refractivity contribution is 5.82. The molecule has 104 valence electrons. The zero-order valence-electron chi connectivity index (χ0n) is 11.7. The van der Waals surface area contributed by atoms with Gasteiger partial charge >= 0.3 is 0 Å². The number of hydrogen-bond acceptors (Lipinski definition) is 3. The van der Waals surface area contributed by atoms with Crippen LogP contribution in [0, 0.1) is 17.8 Å². The fourth-order valence-corrected chi connectivity index (χ4v) is 2.51. The molecule has 0 aromatic carbocycles. The average molecular weight is 253 g/mol. The summed E-state index contributed by atoms with van der Waals surface area (Å²) in [4.78, 5) is 14.1. The normalized spacial score (nSPS) is 25.8. The Labute approximate surface area is 110 Å². The Kier molecular flexibility index (Phi) is 4.62. The van der Waals surface area contributed by atoms with Crippen LogP contribution in [-0.4, -0.2) is 43.0 Å². The molecule has 0 aromatic rings. The summed E-state index contributed by atoms with van der Waals surface area (Å²) in [5.41, 5.74) is 5.93. The van der Waals surface area contributed by atoms with E-state index in [1.807, 2.05) is 18.7 Å². The van der Waals surface area contributed by atoms with E-state index >= 15 is 0 Å². The highest BCUT2D eigenvalue weighted by Gasteiger charge is 2.30. The second kappa shape index (κ2) is 6.02. The molecular formula is C14H27N3O. The lowest BCUT2D eigenvalue weighted by molar-refractivity contribution is -0.132. The van der Waals surface area contributed by atoms with Crippen molar-refractivity contribution in [1.29, 1.82) is 0 Å². The molecular weight excluding hydrogens is 226 g/mol.